The molecule has 0 fully saturated rings. The van der Waals surface area contributed by atoms with Crippen LogP contribution in [0.1, 0.15) is 41.4 Å². The predicted molar refractivity (Wildman–Crippen MR) is 89.5 cm³/mol. The number of ether oxygens (including phenoxy) is 2. The third kappa shape index (κ3) is 5.75. The molecule has 26 heavy (non-hydrogen) atoms. The van der Waals surface area contributed by atoms with Gasteiger partial charge in [0.05, 0.1) is 36.5 Å². The van der Waals surface area contributed by atoms with Crippen LogP contribution in [0.4, 0.5) is 0 Å². The molecule has 0 atom stereocenters. The number of carboxylic acids is 2. The number of carbonyl (C=O) groups excluding carboxylic acids is 2. The van der Waals surface area contributed by atoms with Crippen LogP contribution in [0.3, 0.4) is 0 Å². The number of aromatic carboxylic acids is 2. The first-order valence-electron chi connectivity index (χ1n) is 7.13. The second kappa shape index (κ2) is 9.58. The number of methoxy groups -OCH3 is 2. The van der Waals surface area contributed by atoms with Crippen molar-refractivity contribution in [3.05, 3.63) is 70.8 Å². The summed E-state index contributed by atoms with van der Waals surface area (Å²) in [6.07, 6.45) is 0. The molecule has 2 aromatic rings. The fourth-order valence-electron chi connectivity index (χ4n) is 1.76. The van der Waals surface area contributed by atoms with Crippen molar-refractivity contribution in [3.63, 3.8) is 0 Å². The number of hydrogen-bond acceptors (Lipinski definition) is 6. The van der Waals surface area contributed by atoms with E-state index in [-0.39, 0.29) is 11.1 Å². The van der Waals surface area contributed by atoms with E-state index in [1.54, 1.807) is 0 Å². The molecule has 0 aromatic heterocycles. The van der Waals surface area contributed by atoms with Crippen molar-refractivity contribution in [2.24, 2.45) is 0 Å². The van der Waals surface area contributed by atoms with Gasteiger partial charge in [0.25, 0.3) is 0 Å². The maximum Gasteiger partial charge on any atom is 0.337 e. The maximum absolute atomic E-state index is 11.0. The molecule has 0 heterocycles. The van der Waals surface area contributed by atoms with E-state index in [2.05, 4.69) is 9.47 Å². The van der Waals surface area contributed by atoms with Crippen LogP contribution in [0.15, 0.2) is 48.5 Å². The second-order valence-electron chi connectivity index (χ2n) is 4.75. The molecule has 0 saturated carbocycles. The molecule has 0 saturated heterocycles. The lowest BCUT2D eigenvalue weighted by Gasteiger charge is -2.00. The summed E-state index contributed by atoms with van der Waals surface area (Å²) in [5.41, 5.74) is 0.769. The summed E-state index contributed by atoms with van der Waals surface area (Å²) in [4.78, 5) is 42.8. The predicted octanol–water partition coefficient (Wildman–Crippen LogP) is 2.34. The lowest BCUT2D eigenvalue weighted by atomic mass is 10.1. The Labute approximate surface area is 148 Å². The smallest absolute Gasteiger partial charge is 0.337 e. The summed E-state index contributed by atoms with van der Waals surface area (Å²) in [5.74, 6) is -3.11. The van der Waals surface area contributed by atoms with Gasteiger partial charge in [0.1, 0.15) is 0 Å². The maximum atomic E-state index is 11.0. The Morgan fingerprint density at radius 1 is 0.654 bits per heavy atom. The topological polar surface area (TPSA) is 127 Å². The van der Waals surface area contributed by atoms with Crippen molar-refractivity contribution >= 4 is 23.9 Å². The number of carboxylic acid groups (broad SMARTS) is 2. The lowest BCUT2D eigenvalue weighted by molar-refractivity contribution is 0.0586. The molecule has 0 unspecified atom stereocenters. The SMILES string of the molecule is COC(=O)c1ccc(C(=O)OC)cc1.O=C(O)c1cccc(C(=O)O)c1. The van der Waals surface area contributed by atoms with Gasteiger partial charge in [-0.2, -0.15) is 0 Å². The zero-order chi connectivity index (χ0) is 19.7. The minimum absolute atomic E-state index is 0.0186. The molecule has 0 aliphatic heterocycles. The minimum Gasteiger partial charge on any atom is -0.478 e. The highest BCUT2D eigenvalue weighted by atomic mass is 16.5. The van der Waals surface area contributed by atoms with Crippen LogP contribution in [-0.2, 0) is 9.47 Å². The van der Waals surface area contributed by atoms with Gasteiger partial charge in [-0.05, 0) is 42.5 Å². The van der Waals surface area contributed by atoms with E-state index in [9.17, 15) is 19.2 Å². The summed E-state index contributed by atoms with van der Waals surface area (Å²) in [6, 6.07) is 11.2. The van der Waals surface area contributed by atoms with Crippen molar-refractivity contribution in [3.8, 4) is 0 Å². The highest BCUT2D eigenvalue weighted by molar-refractivity contribution is 5.94. The Hall–Kier alpha value is -3.68. The summed E-state index contributed by atoms with van der Waals surface area (Å²) < 4.78 is 9.02. The molecule has 2 N–H and O–H groups in total. The Bertz CT molecular complexity index is 744. The quantitative estimate of drug-likeness (QED) is 0.795. The largest absolute Gasteiger partial charge is 0.478 e. The van der Waals surface area contributed by atoms with E-state index in [0.29, 0.717) is 11.1 Å². The first-order chi connectivity index (χ1) is 12.3. The summed E-state index contributed by atoms with van der Waals surface area (Å²) in [6.45, 7) is 0. The molecular formula is C18H16O8. The standard InChI is InChI=1S/C10H10O4.C8H6O4/c1-13-9(11)7-3-5-8(6-4-7)10(12)14-2;9-7(10)5-2-1-3-6(4-5)8(11)12/h3-6H,1-2H3;1-4H,(H,9,10)(H,11,12). The monoisotopic (exact) mass is 360 g/mol. The third-order valence-corrected chi connectivity index (χ3v) is 3.08. The highest BCUT2D eigenvalue weighted by Crippen LogP contribution is 2.06. The number of hydrogen-bond donors (Lipinski definition) is 2. The molecular weight excluding hydrogens is 344 g/mol. The zero-order valence-electron chi connectivity index (χ0n) is 14.0. The number of carbonyl (C=O) groups is 4. The Kier molecular flexibility index (Phi) is 7.50. The van der Waals surface area contributed by atoms with Gasteiger partial charge >= 0.3 is 23.9 Å². The van der Waals surface area contributed by atoms with Crippen LogP contribution in [0.25, 0.3) is 0 Å². The number of benzene rings is 2. The summed E-state index contributed by atoms with van der Waals surface area (Å²) in [5, 5.41) is 17.0. The van der Waals surface area contributed by atoms with Gasteiger partial charge in [-0.3, -0.25) is 0 Å². The zero-order valence-corrected chi connectivity index (χ0v) is 14.0. The van der Waals surface area contributed by atoms with Crippen LogP contribution in [0.2, 0.25) is 0 Å². The molecule has 136 valence electrons. The van der Waals surface area contributed by atoms with Gasteiger partial charge in [-0.15, -0.1) is 0 Å². The highest BCUT2D eigenvalue weighted by Gasteiger charge is 2.08. The average Bonchev–Trinajstić information content (AvgIpc) is 2.67. The first kappa shape index (κ1) is 20.4. The summed E-state index contributed by atoms with van der Waals surface area (Å²) in [7, 11) is 2.60. The van der Waals surface area contributed by atoms with Gasteiger partial charge in [0, 0.05) is 0 Å². The van der Waals surface area contributed by atoms with Gasteiger partial charge in [-0.25, -0.2) is 19.2 Å². The lowest BCUT2D eigenvalue weighted by Crippen LogP contribution is -2.04. The van der Waals surface area contributed by atoms with Crippen LogP contribution < -0.4 is 0 Å². The third-order valence-electron chi connectivity index (χ3n) is 3.08. The van der Waals surface area contributed by atoms with Crippen LogP contribution in [-0.4, -0.2) is 48.3 Å². The van der Waals surface area contributed by atoms with Gasteiger partial charge in [0.15, 0.2) is 0 Å². The average molecular weight is 360 g/mol. The van der Waals surface area contributed by atoms with E-state index in [1.165, 1.54) is 56.7 Å². The molecule has 0 aliphatic rings. The molecule has 0 spiro atoms. The fraction of sp³-hybridized carbons (Fsp3) is 0.111. The fourth-order valence-corrected chi connectivity index (χ4v) is 1.76. The van der Waals surface area contributed by atoms with E-state index >= 15 is 0 Å². The molecule has 8 nitrogen and oxygen atoms in total. The molecule has 0 radical (unpaired) electrons. The van der Waals surface area contributed by atoms with E-state index in [1.807, 2.05) is 0 Å². The van der Waals surface area contributed by atoms with Crippen molar-refractivity contribution in [2.75, 3.05) is 14.2 Å². The molecule has 2 aromatic carbocycles. The minimum atomic E-state index is -1.13. The molecule has 8 heteroatoms. The van der Waals surface area contributed by atoms with Gasteiger partial charge < -0.3 is 19.7 Å². The van der Waals surface area contributed by atoms with Gasteiger partial charge in [-0.1, -0.05) is 6.07 Å². The Balaban J connectivity index is 0.000000263. The second-order valence-corrected chi connectivity index (χ2v) is 4.75. The Morgan fingerprint density at radius 2 is 1.00 bits per heavy atom. The van der Waals surface area contributed by atoms with E-state index in [4.69, 9.17) is 10.2 Å². The summed E-state index contributed by atoms with van der Waals surface area (Å²) >= 11 is 0. The Morgan fingerprint density at radius 3 is 1.27 bits per heavy atom. The molecule has 2 rings (SSSR count). The van der Waals surface area contributed by atoms with Crippen LogP contribution in [0, 0.1) is 0 Å². The molecule has 0 bridgehead atoms. The van der Waals surface area contributed by atoms with Crippen molar-refractivity contribution < 1.29 is 38.9 Å². The number of rotatable bonds is 4. The first-order valence-corrected chi connectivity index (χ1v) is 7.13. The molecule has 0 aliphatic carbocycles. The van der Waals surface area contributed by atoms with Crippen LogP contribution in [0.5, 0.6) is 0 Å². The van der Waals surface area contributed by atoms with Crippen molar-refractivity contribution in [1.82, 2.24) is 0 Å². The van der Waals surface area contributed by atoms with Crippen LogP contribution >= 0.6 is 0 Å². The normalized spacial score (nSPS) is 9.31. The number of esters is 2. The van der Waals surface area contributed by atoms with Crippen molar-refractivity contribution in [2.45, 2.75) is 0 Å². The van der Waals surface area contributed by atoms with Crippen molar-refractivity contribution in [1.29, 1.82) is 0 Å². The van der Waals surface area contributed by atoms with Gasteiger partial charge in [0.2, 0.25) is 0 Å². The van der Waals surface area contributed by atoms with E-state index < -0.39 is 23.9 Å². The van der Waals surface area contributed by atoms with E-state index in [0.717, 1.165) is 6.07 Å². The molecule has 0 amide bonds.